The molecule has 0 spiro atoms. The van der Waals surface area contributed by atoms with Gasteiger partial charge >= 0.3 is 0 Å². The van der Waals surface area contributed by atoms with Gasteiger partial charge in [-0.15, -0.1) is 0 Å². The molecule has 0 bridgehead atoms. The van der Waals surface area contributed by atoms with Crippen molar-refractivity contribution in [1.29, 1.82) is 0 Å². The molecule has 0 radical (unpaired) electrons. The average Bonchev–Trinajstić information content (AvgIpc) is 2.76. The quantitative estimate of drug-likeness (QED) is 0.618. The van der Waals surface area contributed by atoms with Crippen molar-refractivity contribution in [2.75, 3.05) is 6.61 Å². The third-order valence-electron chi connectivity index (χ3n) is 1.64. The molecule has 1 nitrogen and oxygen atoms in total. The average molecular weight is 189 g/mol. The molecule has 0 N–H and O–H groups in total. The lowest BCUT2D eigenvalue weighted by Gasteiger charge is -1.99. The Kier molecular flexibility index (Phi) is 1.80. The Bertz CT molecular complexity index is 281. The molecule has 1 unspecified atom stereocenters. The molecule has 1 heterocycles. The van der Waals surface area contributed by atoms with Crippen LogP contribution in [0, 0.1) is 0 Å². The lowest BCUT2D eigenvalue weighted by atomic mass is 10.2. The molecule has 58 valence electrons. The van der Waals surface area contributed by atoms with Crippen molar-refractivity contribution in [2.45, 2.75) is 6.10 Å². The van der Waals surface area contributed by atoms with Crippen LogP contribution < -0.4 is 0 Å². The standard InChI is InChI=1S/C8H6Cl2O/c9-5-1-2-7(10)6(3-5)8-4-11-8/h1-3,8H,4H2. The van der Waals surface area contributed by atoms with Gasteiger partial charge in [-0.25, -0.2) is 0 Å². The molecule has 0 aliphatic carbocycles. The van der Waals surface area contributed by atoms with Crippen LogP contribution in [0.5, 0.6) is 0 Å². The van der Waals surface area contributed by atoms with Crippen molar-refractivity contribution in [1.82, 2.24) is 0 Å². The monoisotopic (exact) mass is 188 g/mol. The van der Waals surface area contributed by atoms with Crippen molar-refractivity contribution in [2.24, 2.45) is 0 Å². The normalized spacial score (nSPS) is 21.8. The first-order valence-electron chi connectivity index (χ1n) is 3.34. The molecule has 0 aromatic heterocycles. The Morgan fingerprint density at radius 3 is 2.73 bits per heavy atom. The summed E-state index contributed by atoms with van der Waals surface area (Å²) in [7, 11) is 0. The molecule has 3 heteroatoms. The van der Waals surface area contributed by atoms with Crippen LogP contribution in [0.3, 0.4) is 0 Å². The van der Waals surface area contributed by atoms with Crippen molar-refractivity contribution >= 4 is 23.2 Å². The van der Waals surface area contributed by atoms with Crippen molar-refractivity contribution < 1.29 is 4.74 Å². The summed E-state index contributed by atoms with van der Waals surface area (Å²) in [4.78, 5) is 0. The molecule has 2 rings (SSSR count). The summed E-state index contributed by atoms with van der Waals surface area (Å²) in [5.74, 6) is 0. The number of halogens is 2. The van der Waals surface area contributed by atoms with Crippen LogP contribution in [0.4, 0.5) is 0 Å². The van der Waals surface area contributed by atoms with E-state index in [4.69, 9.17) is 27.9 Å². The first-order chi connectivity index (χ1) is 5.27. The van der Waals surface area contributed by atoms with Gasteiger partial charge in [-0.3, -0.25) is 0 Å². The zero-order valence-corrected chi connectivity index (χ0v) is 7.19. The Morgan fingerprint density at radius 2 is 2.09 bits per heavy atom. The molecular weight excluding hydrogens is 183 g/mol. The second-order valence-electron chi connectivity index (χ2n) is 2.49. The van der Waals surface area contributed by atoms with Gasteiger partial charge in [0.1, 0.15) is 6.10 Å². The van der Waals surface area contributed by atoms with E-state index in [1.165, 1.54) is 0 Å². The molecule has 1 atom stereocenters. The van der Waals surface area contributed by atoms with Crippen LogP contribution in [-0.4, -0.2) is 6.61 Å². The van der Waals surface area contributed by atoms with E-state index >= 15 is 0 Å². The molecule has 1 aliphatic rings. The highest BCUT2D eigenvalue weighted by Crippen LogP contribution is 2.35. The van der Waals surface area contributed by atoms with Crippen molar-refractivity contribution in [3.63, 3.8) is 0 Å². The van der Waals surface area contributed by atoms with Gasteiger partial charge in [-0.1, -0.05) is 23.2 Å². The maximum atomic E-state index is 5.89. The van der Waals surface area contributed by atoms with Gasteiger partial charge in [0.25, 0.3) is 0 Å². The fraction of sp³-hybridized carbons (Fsp3) is 0.250. The fourth-order valence-electron chi connectivity index (χ4n) is 0.989. The van der Waals surface area contributed by atoms with Gasteiger partial charge in [0, 0.05) is 15.6 Å². The van der Waals surface area contributed by atoms with Crippen molar-refractivity contribution in [3.05, 3.63) is 33.8 Å². The topological polar surface area (TPSA) is 12.5 Å². The number of benzene rings is 1. The zero-order chi connectivity index (χ0) is 7.84. The Hall–Kier alpha value is -0.240. The van der Waals surface area contributed by atoms with Gasteiger partial charge in [-0.2, -0.15) is 0 Å². The second kappa shape index (κ2) is 2.67. The summed E-state index contributed by atoms with van der Waals surface area (Å²) < 4.78 is 5.09. The molecular formula is C8H6Cl2O. The van der Waals surface area contributed by atoms with E-state index in [-0.39, 0.29) is 6.10 Å². The molecule has 1 saturated heterocycles. The predicted octanol–water partition coefficient (Wildman–Crippen LogP) is 3.06. The summed E-state index contributed by atoms with van der Waals surface area (Å²) in [6.45, 7) is 0.764. The van der Waals surface area contributed by atoms with Gasteiger partial charge in [0.05, 0.1) is 6.61 Å². The fourth-order valence-corrected chi connectivity index (χ4v) is 1.41. The first-order valence-corrected chi connectivity index (χ1v) is 4.09. The molecule has 1 fully saturated rings. The van der Waals surface area contributed by atoms with Crippen LogP contribution in [0.25, 0.3) is 0 Å². The Labute approximate surface area is 74.9 Å². The summed E-state index contributed by atoms with van der Waals surface area (Å²) in [6, 6.07) is 5.41. The molecule has 1 aromatic carbocycles. The molecule has 11 heavy (non-hydrogen) atoms. The second-order valence-corrected chi connectivity index (χ2v) is 3.33. The largest absolute Gasteiger partial charge is 0.368 e. The molecule has 1 aromatic rings. The number of hydrogen-bond donors (Lipinski definition) is 0. The van der Waals surface area contributed by atoms with Gasteiger partial charge in [-0.05, 0) is 18.2 Å². The van der Waals surface area contributed by atoms with Crippen molar-refractivity contribution in [3.8, 4) is 0 Å². The maximum absolute atomic E-state index is 5.89. The maximum Gasteiger partial charge on any atom is 0.107 e. The Balaban J connectivity index is 2.42. The van der Waals surface area contributed by atoms with E-state index in [0.717, 1.165) is 17.2 Å². The van der Waals surface area contributed by atoms with Crippen LogP contribution in [0.1, 0.15) is 11.7 Å². The van der Waals surface area contributed by atoms with E-state index in [1.54, 1.807) is 12.1 Å². The smallest absolute Gasteiger partial charge is 0.107 e. The van der Waals surface area contributed by atoms with Gasteiger partial charge in [0.15, 0.2) is 0 Å². The number of rotatable bonds is 1. The number of ether oxygens (including phenoxy) is 1. The van der Waals surface area contributed by atoms with Gasteiger partial charge in [0.2, 0.25) is 0 Å². The van der Waals surface area contributed by atoms with E-state index in [2.05, 4.69) is 0 Å². The molecule has 0 amide bonds. The summed E-state index contributed by atoms with van der Waals surface area (Å²) in [5.41, 5.74) is 0.999. The number of hydrogen-bond acceptors (Lipinski definition) is 1. The van der Waals surface area contributed by atoms with E-state index in [0.29, 0.717) is 5.02 Å². The highest BCUT2D eigenvalue weighted by atomic mass is 35.5. The lowest BCUT2D eigenvalue weighted by Crippen LogP contribution is -1.81. The van der Waals surface area contributed by atoms with Gasteiger partial charge < -0.3 is 4.74 Å². The zero-order valence-electron chi connectivity index (χ0n) is 5.68. The molecule has 0 saturated carbocycles. The SMILES string of the molecule is Clc1ccc(Cl)c(C2CO2)c1. The van der Waals surface area contributed by atoms with E-state index in [9.17, 15) is 0 Å². The summed E-state index contributed by atoms with van der Waals surface area (Å²) in [6.07, 6.45) is 0.182. The predicted molar refractivity (Wildman–Crippen MR) is 45.2 cm³/mol. The first kappa shape index (κ1) is 7.41. The van der Waals surface area contributed by atoms with E-state index < -0.39 is 0 Å². The minimum atomic E-state index is 0.182. The minimum Gasteiger partial charge on any atom is -0.368 e. The minimum absolute atomic E-state index is 0.182. The molecule has 1 aliphatic heterocycles. The summed E-state index contributed by atoms with van der Waals surface area (Å²) >= 11 is 11.7. The van der Waals surface area contributed by atoms with Crippen LogP contribution >= 0.6 is 23.2 Å². The third-order valence-corrected chi connectivity index (χ3v) is 2.22. The lowest BCUT2D eigenvalue weighted by molar-refractivity contribution is 0.416. The van der Waals surface area contributed by atoms with Crippen LogP contribution in [-0.2, 0) is 4.74 Å². The van der Waals surface area contributed by atoms with Crippen LogP contribution in [0.2, 0.25) is 10.0 Å². The highest BCUT2D eigenvalue weighted by Gasteiger charge is 2.26. The van der Waals surface area contributed by atoms with E-state index in [1.807, 2.05) is 6.07 Å². The number of epoxide rings is 1. The Morgan fingerprint density at radius 1 is 1.36 bits per heavy atom. The third kappa shape index (κ3) is 1.51. The highest BCUT2D eigenvalue weighted by molar-refractivity contribution is 6.33. The van der Waals surface area contributed by atoms with Crippen LogP contribution in [0.15, 0.2) is 18.2 Å². The summed E-state index contributed by atoms with van der Waals surface area (Å²) in [5, 5.41) is 1.44.